The number of rotatable bonds is 2. The van der Waals surface area contributed by atoms with Crippen molar-refractivity contribution in [1.29, 1.82) is 0 Å². The minimum Gasteiger partial charge on any atom is -0.475 e. The molecule has 19 heavy (non-hydrogen) atoms. The largest absolute Gasteiger partial charge is 0.475 e. The van der Waals surface area contributed by atoms with Gasteiger partial charge in [0.25, 0.3) is 0 Å². The molecule has 1 aromatic carbocycles. The van der Waals surface area contributed by atoms with E-state index in [0.717, 1.165) is 25.5 Å². The first-order chi connectivity index (χ1) is 9.16. The minimum absolute atomic E-state index is 0.305. The van der Waals surface area contributed by atoms with E-state index in [2.05, 4.69) is 44.0 Å². The third-order valence-electron chi connectivity index (χ3n) is 4.11. The molecule has 0 radical (unpaired) electrons. The van der Waals surface area contributed by atoms with Crippen molar-refractivity contribution in [3.8, 4) is 0 Å². The molecule has 0 fully saturated rings. The second-order valence-electron chi connectivity index (χ2n) is 5.90. The summed E-state index contributed by atoms with van der Waals surface area (Å²) in [6.45, 7) is 6.24. The third kappa shape index (κ3) is 2.22. The number of para-hydroxylation sites is 1. The molecule has 2 aliphatic heterocycles. The van der Waals surface area contributed by atoms with E-state index < -0.39 is 0 Å². The van der Waals surface area contributed by atoms with Crippen LogP contribution in [0.5, 0.6) is 0 Å². The molecule has 3 nitrogen and oxygen atoms in total. The van der Waals surface area contributed by atoms with E-state index in [9.17, 15) is 0 Å². The van der Waals surface area contributed by atoms with Crippen molar-refractivity contribution in [2.75, 3.05) is 25.1 Å². The number of benzene rings is 1. The number of nitrogens with zero attached hydrogens (tertiary/aromatic N) is 2. The van der Waals surface area contributed by atoms with Crippen LogP contribution in [0.15, 0.2) is 23.2 Å². The molecule has 0 aliphatic carbocycles. The quantitative estimate of drug-likeness (QED) is 0.815. The highest BCUT2D eigenvalue weighted by atomic mass is 16.5. The number of aryl methyl sites for hydroxylation is 1. The maximum Gasteiger partial charge on any atom is 0.218 e. The molecule has 3 rings (SSSR count). The summed E-state index contributed by atoms with van der Waals surface area (Å²) in [6.07, 6.45) is 2.39. The summed E-state index contributed by atoms with van der Waals surface area (Å²) in [5.74, 6) is 1.37. The van der Waals surface area contributed by atoms with Crippen molar-refractivity contribution in [3.63, 3.8) is 0 Å². The normalized spacial score (nSPS) is 22.2. The Balaban J connectivity index is 2.00. The van der Waals surface area contributed by atoms with Crippen LogP contribution in [0.3, 0.4) is 0 Å². The van der Waals surface area contributed by atoms with Crippen LogP contribution in [-0.4, -0.2) is 32.1 Å². The van der Waals surface area contributed by atoms with Gasteiger partial charge < -0.3 is 9.64 Å². The van der Waals surface area contributed by atoms with Gasteiger partial charge in [0.1, 0.15) is 6.61 Å². The number of hydrogen-bond donors (Lipinski definition) is 0. The summed E-state index contributed by atoms with van der Waals surface area (Å²) in [5.41, 5.74) is 3.91. The van der Waals surface area contributed by atoms with Gasteiger partial charge in [-0.3, -0.25) is 0 Å². The molecule has 2 heterocycles. The number of ether oxygens (including phenoxy) is 1. The van der Waals surface area contributed by atoms with Crippen LogP contribution in [0.2, 0.25) is 0 Å². The van der Waals surface area contributed by atoms with Gasteiger partial charge in [-0.15, -0.1) is 0 Å². The molecule has 1 unspecified atom stereocenters. The van der Waals surface area contributed by atoms with E-state index in [1.807, 2.05) is 0 Å². The minimum atomic E-state index is 0.305. The molecule has 2 aliphatic rings. The van der Waals surface area contributed by atoms with Gasteiger partial charge in [0.05, 0.1) is 17.3 Å². The fourth-order valence-corrected chi connectivity index (χ4v) is 2.91. The lowest BCUT2D eigenvalue weighted by Crippen LogP contribution is -2.27. The molecular weight excluding hydrogens is 236 g/mol. The molecule has 0 aromatic heterocycles. The first-order valence-corrected chi connectivity index (χ1v) is 7.21. The van der Waals surface area contributed by atoms with Crippen LogP contribution >= 0.6 is 0 Å². The predicted octanol–water partition coefficient (Wildman–Crippen LogP) is 2.87. The summed E-state index contributed by atoms with van der Waals surface area (Å²) in [4.78, 5) is 7.10. The molecule has 0 bridgehead atoms. The fraction of sp³-hybridized carbons (Fsp3) is 0.562. The molecule has 0 amide bonds. The Morgan fingerprint density at radius 2 is 2.21 bits per heavy atom. The van der Waals surface area contributed by atoms with Crippen LogP contribution in [0.1, 0.15) is 31.4 Å². The lowest BCUT2D eigenvalue weighted by molar-refractivity contribution is 0.292. The van der Waals surface area contributed by atoms with E-state index in [1.165, 1.54) is 23.2 Å². The topological polar surface area (TPSA) is 24.8 Å². The van der Waals surface area contributed by atoms with Crippen molar-refractivity contribution in [1.82, 2.24) is 0 Å². The zero-order valence-electron chi connectivity index (χ0n) is 12.0. The van der Waals surface area contributed by atoms with Crippen LogP contribution in [0.4, 0.5) is 5.69 Å². The third-order valence-corrected chi connectivity index (χ3v) is 4.11. The zero-order chi connectivity index (χ0) is 13.4. The smallest absolute Gasteiger partial charge is 0.218 e. The molecule has 1 aromatic rings. The first-order valence-electron chi connectivity index (χ1n) is 7.21. The monoisotopic (exact) mass is 258 g/mol. The van der Waals surface area contributed by atoms with Crippen molar-refractivity contribution in [3.05, 3.63) is 29.3 Å². The summed E-state index contributed by atoms with van der Waals surface area (Å²) >= 11 is 0. The zero-order valence-corrected chi connectivity index (χ0v) is 12.0. The van der Waals surface area contributed by atoms with Gasteiger partial charge in [0.15, 0.2) is 0 Å². The Morgan fingerprint density at radius 1 is 1.37 bits per heavy atom. The predicted molar refractivity (Wildman–Crippen MR) is 79.1 cm³/mol. The standard InChI is InChI=1S/C16H22N2O/c1-11(2)14-10-19-16(17-14)13-8-4-6-12-7-5-9-18(3)15(12)13/h4,6,8,11,14H,5,7,9-10H2,1-3H3. The van der Waals surface area contributed by atoms with Gasteiger partial charge in [-0.05, 0) is 30.4 Å². The average molecular weight is 258 g/mol. The summed E-state index contributed by atoms with van der Waals surface area (Å²) < 4.78 is 5.85. The lowest BCUT2D eigenvalue weighted by Gasteiger charge is -2.29. The Hall–Kier alpha value is -1.51. The SMILES string of the molecule is CC(C)C1COC(c2cccc3c2N(C)CCC3)=N1. The van der Waals surface area contributed by atoms with Crippen molar-refractivity contribution < 1.29 is 4.74 Å². The van der Waals surface area contributed by atoms with Crippen LogP contribution < -0.4 is 4.90 Å². The molecule has 102 valence electrons. The van der Waals surface area contributed by atoms with Gasteiger partial charge in [-0.25, -0.2) is 4.99 Å². The first kappa shape index (κ1) is 12.5. The van der Waals surface area contributed by atoms with Gasteiger partial charge in [-0.2, -0.15) is 0 Å². The van der Waals surface area contributed by atoms with E-state index in [-0.39, 0.29) is 0 Å². The van der Waals surface area contributed by atoms with Gasteiger partial charge in [0.2, 0.25) is 5.90 Å². The second-order valence-corrected chi connectivity index (χ2v) is 5.90. The van der Waals surface area contributed by atoms with Crippen LogP contribution in [0.25, 0.3) is 0 Å². The van der Waals surface area contributed by atoms with E-state index in [0.29, 0.717) is 12.0 Å². The van der Waals surface area contributed by atoms with Gasteiger partial charge >= 0.3 is 0 Å². The lowest BCUT2D eigenvalue weighted by atomic mass is 9.98. The Kier molecular flexibility index (Phi) is 3.21. The maximum absolute atomic E-state index is 5.85. The Bertz CT molecular complexity index is 507. The molecule has 0 spiro atoms. The van der Waals surface area contributed by atoms with Crippen molar-refractivity contribution in [2.24, 2.45) is 10.9 Å². The van der Waals surface area contributed by atoms with Crippen LogP contribution in [-0.2, 0) is 11.2 Å². The van der Waals surface area contributed by atoms with Crippen molar-refractivity contribution in [2.45, 2.75) is 32.7 Å². The fourth-order valence-electron chi connectivity index (χ4n) is 2.91. The molecule has 0 saturated carbocycles. The molecule has 0 saturated heterocycles. The second kappa shape index (κ2) is 4.87. The summed E-state index contributed by atoms with van der Waals surface area (Å²) in [5, 5.41) is 0. The molecular formula is C16H22N2O. The molecule has 1 atom stereocenters. The molecule has 3 heteroatoms. The van der Waals surface area contributed by atoms with E-state index in [4.69, 9.17) is 9.73 Å². The number of aliphatic imine (C=N–C) groups is 1. The average Bonchev–Trinajstić information content (AvgIpc) is 2.88. The highest BCUT2D eigenvalue weighted by molar-refractivity contribution is 6.01. The van der Waals surface area contributed by atoms with Gasteiger partial charge in [0, 0.05) is 13.6 Å². The maximum atomic E-state index is 5.85. The van der Waals surface area contributed by atoms with Gasteiger partial charge in [-0.1, -0.05) is 26.0 Å². The Labute approximate surface area is 115 Å². The van der Waals surface area contributed by atoms with E-state index >= 15 is 0 Å². The number of hydrogen-bond acceptors (Lipinski definition) is 3. The Morgan fingerprint density at radius 3 is 2.95 bits per heavy atom. The molecule has 0 N–H and O–H groups in total. The number of anilines is 1. The number of fused-ring (bicyclic) bond motifs is 1. The highest BCUT2D eigenvalue weighted by Crippen LogP contribution is 2.32. The van der Waals surface area contributed by atoms with E-state index in [1.54, 1.807) is 0 Å². The van der Waals surface area contributed by atoms with Crippen LogP contribution in [0, 0.1) is 5.92 Å². The highest BCUT2D eigenvalue weighted by Gasteiger charge is 2.27. The summed E-state index contributed by atoms with van der Waals surface area (Å²) in [7, 11) is 2.16. The van der Waals surface area contributed by atoms with Crippen molar-refractivity contribution >= 4 is 11.6 Å². The summed E-state index contributed by atoms with van der Waals surface area (Å²) in [6, 6.07) is 6.80.